The summed E-state index contributed by atoms with van der Waals surface area (Å²) in [4.78, 5) is 0. The molecule has 0 bridgehead atoms. The monoisotopic (exact) mass is 249 g/mol. The van der Waals surface area contributed by atoms with Crippen LogP contribution in [0.3, 0.4) is 0 Å². The van der Waals surface area contributed by atoms with Crippen LogP contribution in [0.4, 0.5) is 0 Å². The Morgan fingerprint density at radius 3 is 1.56 bits per heavy atom. The number of hydrogen-bond acceptors (Lipinski definition) is 5. The zero-order chi connectivity index (χ0) is 12.0. The van der Waals surface area contributed by atoms with Gasteiger partial charge in [-0.2, -0.15) is 0 Å². The topological polar surface area (TPSA) is 60.6 Å². The smallest absolute Gasteiger partial charge is 0.370 e. The largest absolute Gasteiger partial charge is 0.698 e. The minimum atomic E-state index is -2.15. The molecule has 0 spiro atoms. The van der Waals surface area contributed by atoms with Crippen molar-refractivity contribution in [1.29, 1.82) is 0 Å². The molecule has 0 amide bonds. The van der Waals surface area contributed by atoms with Gasteiger partial charge in [-0.25, -0.2) is 0 Å². The maximum Gasteiger partial charge on any atom is 0.698 e. The Bertz CT molecular complexity index is 266. The highest BCUT2D eigenvalue weighted by atomic mass is 31.1. The van der Waals surface area contributed by atoms with E-state index in [-0.39, 0.29) is 12.2 Å². The fourth-order valence-corrected chi connectivity index (χ4v) is 2.46. The van der Waals surface area contributed by atoms with Gasteiger partial charge in [0.1, 0.15) is 23.4 Å². The molecule has 0 saturated carbocycles. The molecule has 2 saturated heterocycles. The highest BCUT2D eigenvalue weighted by Crippen LogP contribution is 2.43. The first kappa shape index (κ1) is 12.4. The Morgan fingerprint density at radius 2 is 1.31 bits per heavy atom. The molecule has 2 fully saturated rings. The van der Waals surface area contributed by atoms with Crippen LogP contribution in [0.5, 0.6) is 0 Å². The van der Waals surface area contributed by atoms with E-state index in [0.717, 1.165) is 0 Å². The fourth-order valence-electron chi connectivity index (χ4n) is 1.42. The molecule has 0 aliphatic carbocycles. The summed E-state index contributed by atoms with van der Waals surface area (Å²) in [7, 11) is -2.15. The molecule has 0 aromatic carbocycles. The van der Waals surface area contributed by atoms with E-state index in [2.05, 4.69) is 0 Å². The third-order valence-electron chi connectivity index (χ3n) is 2.84. The van der Waals surface area contributed by atoms with Gasteiger partial charge in [-0.3, -0.25) is 0 Å². The van der Waals surface area contributed by atoms with Crippen LogP contribution in [0.2, 0.25) is 0 Å². The van der Waals surface area contributed by atoms with E-state index in [1.807, 2.05) is 27.7 Å². The van der Waals surface area contributed by atoms with Crippen LogP contribution in [0.25, 0.3) is 0 Å². The average Bonchev–Trinajstić information content (AvgIpc) is 2.97. The number of hydrogen-bond donors (Lipinski definition) is 0. The van der Waals surface area contributed by atoms with Gasteiger partial charge in [0.25, 0.3) is 0 Å². The van der Waals surface area contributed by atoms with Crippen molar-refractivity contribution in [2.45, 2.75) is 51.1 Å². The lowest BCUT2D eigenvalue weighted by atomic mass is 10.1. The molecule has 0 aromatic heterocycles. The SMILES string of the molecule is CC(C)(O[P+](=O)OC(C)(C)C1CO1)C1CO1. The van der Waals surface area contributed by atoms with Crippen LogP contribution in [0.15, 0.2) is 0 Å². The van der Waals surface area contributed by atoms with E-state index in [4.69, 9.17) is 18.5 Å². The molecule has 2 aliphatic heterocycles. The van der Waals surface area contributed by atoms with E-state index in [0.29, 0.717) is 13.2 Å². The molecule has 0 aromatic rings. The van der Waals surface area contributed by atoms with Crippen LogP contribution in [-0.2, 0) is 23.1 Å². The van der Waals surface area contributed by atoms with Gasteiger partial charge in [0.05, 0.1) is 13.2 Å². The molecular weight excluding hydrogens is 231 g/mol. The molecule has 6 heteroatoms. The second-order valence-electron chi connectivity index (χ2n) is 5.26. The van der Waals surface area contributed by atoms with Gasteiger partial charge in [0, 0.05) is 4.57 Å². The molecule has 2 unspecified atom stereocenters. The summed E-state index contributed by atoms with van der Waals surface area (Å²) >= 11 is 0. The summed E-state index contributed by atoms with van der Waals surface area (Å²) in [5.74, 6) is 0. The van der Waals surface area contributed by atoms with Crippen LogP contribution in [0, 0.1) is 0 Å². The van der Waals surface area contributed by atoms with Crippen molar-refractivity contribution in [1.82, 2.24) is 0 Å². The van der Waals surface area contributed by atoms with E-state index in [9.17, 15) is 4.57 Å². The minimum absolute atomic E-state index is 0.0235. The first-order valence-electron chi connectivity index (χ1n) is 5.40. The quantitative estimate of drug-likeness (QED) is 0.532. The number of epoxide rings is 2. The molecule has 92 valence electrons. The first-order valence-corrected chi connectivity index (χ1v) is 6.49. The molecule has 2 heterocycles. The number of rotatable bonds is 6. The Hall–Kier alpha value is -0.0600. The summed E-state index contributed by atoms with van der Waals surface area (Å²) in [5, 5.41) is 0. The summed E-state index contributed by atoms with van der Waals surface area (Å²) in [6.45, 7) is 8.71. The highest BCUT2D eigenvalue weighted by molar-refractivity contribution is 7.33. The maximum atomic E-state index is 11.7. The lowest BCUT2D eigenvalue weighted by molar-refractivity contribution is 0.0188. The predicted molar refractivity (Wildman–Crippen MR) is 57.4 cm³/mol. The zero-order valence-electron chi connectivity index (χ0n) is 10.1. The third-order valence-corrected chi connectivity index (χ3v) is 4.08. The van der Waals surface area contributed by atoms with Crippen molar-refractivity contribution in [2.75, 3.05) is 13.2 Å². The van der Waals surface area contributed by atoms with Crippen molar-refractivity contribution in [3.05, 3.63) is 0 Å². The van der Waals surface area contributed by atoms with Crippen LogP contribution in [0.1, 0.15) is 27.7 Å². The van der Waals surface area contributed by atoms with Crippen molar-refractivity contribution < 1.29 is 23.1 Å². The summed E-state index contributed by atoms with van der Waals surface area (Å²) < 4.78 is 32.8. The molecule has 2 atom stereocenters. The van der Waals surface area contributed by atoms with Gasteiger partial charge in [0.15, 0.2) is 0 Å². The molecule has 0 N–H and O–H groups in total. The van der Waals surface area contributed by atoms with Crippen LogP contribution >= 0.6 is 8.25 Å². The third kappa shape index (κ3) is 2.99. The van der Waals surface area contributed by atoms with E-state index in [1.165, 1.54) is 0 Å². The second-order valence-corrected chi connectivity index (χ2v) is 6.07. The molecular formula is C10H18O5P+. The fraction of sp³-hybridized carbons (Fsp3) is 1.00. The summed E-state index contributed by atoms with van der Waals surface area (Å²) in [5.41, 5.74) is -1.12. The van der Waals surface area contributed by atoms with Crippen LogP contribution in [-0.4, -0.2) is 36.6 Å². The Kier molecular flexibility index (Phi) is 3.10. The van der Waals surface area contributed by atoms with Gasteiger partial charge in [-0.1, -0.05) is 0 Å². The Morgan fingerprint density at radius 1 is 1.00 bits per heavy atom. The van der Waals surface area contributed by atoms with E-state index >= 15 is 0 Å². The highest BCUT2D eigenvalue weighted by Gasteiger charge is 2.52. The Labute approximate surface area is 96.3 Å². The molecule has 5 nitrogen and oxygen atoms in total. The first-order chi connectivity index (χ1) is 7.31. The van der Waals surface area contributed by atoms with Gasteiger partial charge >= 0.3 is 8.25 Å². The van der Waals surface area contributed by atoms with Gasteiger partial charge < -0.3 is 9.47 Å². The lowest BCUT2D eigenvalue weighted by Crippen LogP contribution is -2.32. The van der Waals surface area contributed by atoms with E-state index in [1.54, 1.807) is 0 Å². The van der Waals surface area contributed by atoms with Crippen molar-refractivity contribution in [3.63, 3.8) is 0 Å². The zero-order valence-corrected chi connectivity index (χ0v) is 11.0. The van der Waals surface area contributed by atoms with Gasteiger partial charge in [0.2, 0.25) is 0 Å². The predicted octanol–water partition coefficient (Wildman–Crippen LogP) is 2.03. The maximum absolute atomic E-state index is 11.7. The molecule has 2 rings (SSSR count). The van der Waals surface area contributed by atoms with Crippen LogP contribution < -0.4 is 0 Å². The summed E-state index contributed by atoms with van der Waals surface area (Å²) in [6, 6.07) is 0. The lowest BCUT2D eigenvalue weighted by Gasteiger charge is -2.17. The van der Waals surface area contributed by atoms with E-state index < -0.39 is 19.5 Å². The van der Waals surface area contributed by atoms with Crippen molar-refractivity contribution >= 4 is 8.25 Å². The molecule has 16 heavy (non-hydrogen) atoms. The molecule has 2 aliphatic rings. The second kappa shape index (κ2) is 4.00. The summed E-state index contributed by atoms with van der Waals surface area (Å²) in [6.07, 6.45) is 0.0469. The standard InChI is InChI=1S/C10H18O5P/c1-9(2,7-5-12-7)14-16(11)15-10(3,4)8-6-13-8/h7-8H,5-6H2,1-4H3/q+1. The normalized spacial score (nSPS) is 30.1. The Balaban J connectivity index is 1.83. The molecule has 0 radical (unpaired) electrons. The average molecular weight is 249 g/mol. The number of ether oxygens (including phenoxy) is 2. The van der Waals surface area contributed by atoms with Crippen molar-refractivity contribution in [2.24, 2.45) is 0 Å². The van der Waals surface area contributed by atoms with Gasteiger partial charge in [-0.05, 0) is 27.7 Å². The van der Waals surface area contributed by atoms with Gasteiger partial charge in [-0.15, -0.1) is 9.05 Å². The van der Waals surface area contributed by atoms with Crippen molar-refractivity contribution in [3.8, 4) is 0 Å². The minimum Gasteiger partial charge on any atom is -0.370 e.